The predicted molar refractivity (Wildman–Crippen MR) is 79.6 cm³/mol. The molecule has 6 nitrogen and oxygen atoms in total. The maximum Gasteiger partial charge on any atom is 0.260 e. The van der Waals surface area contributed by atoms with Gasteiger partial charge in [-0.15, -0.1) is 0 Å². The van der Waals surface area contributed by atoms with Crippen LogP contribution in [0.25, 0.3) is 0 Å². The number of aryl methyl sites for hydroxylation is 1. The van der Waals surface area contributed by atoms with Gasteiger partial charge in [-0.3, -0.25) is 9.59 Å². The number of morpholine rings is 1. The third-order valence-corrected chi connectivity index (χ3v) is 4.17. The van der Waals surface area contributed by atoms with Crippen LogP contribution in [-0.4, -0.2) is 55.2 Å². The Morgan fingerprint density at radius 1 is 1.41 bits per heavy atom. The molecule has 0 aromatic heterocycles. The number of hydrogen-bond donors (Lipinski definition) is 1. The lowest BCUT2D eigenvalue weighted by Gasteiger charge is -2.33. The minimum Gasteiger partial charge on any atom is -0.484 e. The Balaban J connectivity index is 1.51. The van der Waals surface area contributed by atoms with E-state index in [2.05, 4.69) is 5.32 Å². The number of nitrogens with zero attached hydrogens (tertiary/aromatic N) is 1. The third kappa shape index (κ3) is 3.22. The summed E-state index contributed by atoms with van der Waals surface area (Å²) in [5, 5.41) is 2.80. The van der Waals surface area contributed by atoms with Gasteiger partial charge >= 0.3 is 0 Å². The van der Waals surface area contributed by atoms with Crippen molar-refractivity contribution in [2.75, 3.05) is 32.8 Å². The Hall–Kier alpha value is -2.08. The van der Waals surface area contributed by atoms with Gasteiger partial charge in [0.05, 0.1) is 6.54 Å². The molecular weight excluding hydrogens is 284 g/mol. The second kappa shape index (κ2) is 5.96. The van der Waals surface area contributed by atoms with E-state index < -0.39 is 5.60 Å². The molecule has 2 aliphatic rings. The molecule has 0 radical (unpaired) electrons. The zero-order chi connectivity index (χ0) is 15.6. The van der Waals surface area contributed by atoms with E-state index in [1.165, 1.54) is 0 Å². The number of ether oxygens (including phenoxy) is 2. The summed E-state index contributed by atoms with van der Waals surface area (Å²) in [5.74, 6) is 0.532. The first-order chi connectivity index (χ1) is 10.6. The Morgan fingerprint density at radius 2 is 2.18 bits per heavy atom. The number of carbonyl (C=O) groups excluding carboxylic acids is 2. The molecule has 1 unspecified atom stereocenters. The summed E-state index contributed by atoms with van der Waals surface area (Å²) in [4.78, 5) is 25.1. The highest BCUT2D eigenvalue weighted by Crippen LogP contribution is 2.26. The minimum absolute atomic E-state index is 0.0193. The normalized spacial score (nSPS) is 24.4. The van der Waals surface area contributed by atoms with Gasteiger partial charge in [0.1, 0.15) is 18.0 Å². The Labute approximate surface area is 129 Å². The number of rotatable bonds is 3. The molecular formula is C16H20N2O4. The van der Waals surface area contributed by atoms with Crippen molar-refractivity contribution < 1.29 is 19.1 Å². The van der Waals surface area contributed by atoms with Gasteiger partial charge in [0.2, 0.25) is 5.91 Å². The lowest BCUT2D eigenvalue weighted by Crippen LogP contribution is -2.54. The topological polar surface area (TPSA) is 67.9 Å². The largest absolute Gasteiger partial charge is 0.484 e. The van der Waals surface area contributed by atoms with Gasteiger partial charge in [0, 0.05) is 13.1 Å². The molecule has 1 aromatic carbocycles. The van der Waals surface area contributed by atoms with Gasteiger partial charge in [-0.05, 0) is 25.5 Å². The van der Waals surface area contributed by atoms with E-state index in [1.807, 2.05) is 31.2 Å². The van der Waals surface area contributed by atoms with Crippen molar-refractivity contribution in [3.05, 3.63) is 29.8 Å². The Kier molecular flexibility index (Phi) is 4.02. The summed E-state index contributed by atoms with van der Waals surface area (Å²) in [6.45, 7) is 3.69. The first kappa shape index (κ1) is 14.8. The standard InChI is InChI=1S/C16H20N2O4/c1-12-2-4-13(5-3-12)21-9-15(20)18-7-6-16(11-18)10-17-14(19)8-22-16/h2-5H,6-11H2,1H3,(H,17,19). The fourth-order valence-corrected chi connectivity index (χ4v) is 2.77. The summed E-state index contributed by atoms with van der Waals surface area (Å²) in [6.07, 6.45) is 0.740. The summed E-state index contributed by atoms with van der Waals surface area (Å²) >= 11 is 0. The molecule has 22 heavy (non-hydrogen) atoms. The summed E-state index contributed by atoms with van der Waals surface area (Å²) in [6, 6.07) is 7.61. The highest BCUT2D eigenvalue weighted by atomic mass is 16.5. The second-order valence-corrected chi connectivity index (χ2v) is 5.92. The molecule has 2 amide bonds. The highest BCUT2D eigenvalue weighted by molar-refractivity contribution is 5.79. The average Bonchev–Trinajstić information content (AvgIpc) is 2.94. The summed E-state index contributed by atoms with van der Waals surface area (Å²) in [7, 11) is 0. The van der Waals surface area contributed by atoms with Gasteiger partial charge in [-0.2, -0.15) is 0 Å². The molecule has 2 fully saturated rings. The molecule has 0 bridgehead atoms. The van der Waals surface area contributed by atoms with Crippen LogP contribution >= 0.6 is 0 Å². The predicted octanol–water partition coefficient (Wildman–Crippen LogP) is 0.491. The molecule has 118 valence electrons. The van der Waals surface area contributed by atoms with Crippen LogP contribution in [0.4, 0.5) is 0 Å². The first-order valence-corrected chi connectivity index (χ1v) is 7.44. The van der Waals surface area contributed by atoms with Gasteiger partial charge in [-0.25, -0.2) is 0 Å². The van der Waals surface area contributed by atoms with Crippen molar-refractivity contribution in [1.29, 1.82) is 0 Å². The summed E-state index contributed by atoms with van der Waals surface area (Å²) in [5.41, 5.74) is 0.726. The number of amides is 2. The molecule has 2 aliphatic heterocycles. The lowest BCUT2D eigenvalue weighted by atomic mass is 10.0. The number of hydrogen-bond acceptors (Lipinski definition) is 4. The van der Waals surface area contributed by atoms with Crippen molar-refractivity contribution >= 4 is 11.8 Å². The molecule has 2 saturated heterocycles. The van der Waals surface area contributed by atoms with E-state index in [4.69, 9.17) is 9.47 Å². The monoisotopic (exact) mass is 304 g/mol. The first-order valence-electron chi connectivity index (χ1n) is 7.44. The van der Waals surface area contributed by atoms with E-state index in [9.17, 15) is 9.59 Å². The average molecular weight is 304 g/mol. The number of nitrogens with one attached hydrogen (secondary N) is 1. The van der Waals surface area contributed by atoms with Crippen LogP contribution in [0.1, 0.15) is 12.0 Å². The fraction of sp³-hybridized carbons (Fsp3) is 0.500. The van der Waals surface area contributed by atoms with E-state index in [0.717, 1.165) is 12.0 Å². The third-order valence-electron chi connectivity index (χ3n) is 4.17. The molecule has 1 aromatic rings. The summed E-state index contributed by atoms with van der Waals surface area (Å²) < 4.78 is 11.2. The lowest BCUT2D eigenvalue weighted by molar-refractivity contribution is -0.143. The van der Waals surface area contributed by atoms with Gasteiger partial charge in [0.15, 0.2) is 6.61 Å². The molecule has 0 aliphatic carbocycles. The van der Waals surface area contributed by atoms with Gasteiger partial charge in [0.25, 0.3) is 5.91 Å². The minimum atomic E-state index is -0.423. The molecule has 2 heterocycles. The Morgan fingerprint density at radius 3 is 2.86 bits per heavy atom. The maximum atomic E-state index is 12.2. The number of benzene rings is 1. The Bertz CT molecular complexity index is 560. The molecule has 1 atom stereocenters. The SMILES string of the molecule is Cc1ccc(OCC(=O)N2CCC3(CNC(=O)CO3)C2)cc1. The van der Waals surface area contributed by atoms with E-state index in [0.29, 0.717) is 25.4 Å². The zero-order valence-electron chi connectivity index (χ0n) is 12.6. The van der Waals surface area contributed by atoms with Crippen molar-refractivity contribution in [3.8, 4) is 5.75 Å². The van der Waals surface area contributed by atoms with Crippen molar-refractivity contribution in [3.63, 3.8) is 0 Å². The molecule has 1 spiro atoms. The van der Waals surface area contributed by atoms with Crippen LogP contribution in [0.2, 0.25) is 0 Å². The second-order valence-electron chi connectivity index (χ2n) is 5.92. The van der Waals surface area contributed by atoms with Gasteiger partial charge < -0.3 is 19.7 Å². The smallest absolute Gasteiger partial charge is 0.260 e. The van der Waals surface area contributed by atoms with E-state index in [1.54, 1.807) is 4.90 Å². The quantitative estimate of drug-likeness (QED) is 0.882. The van der Waals surface area contributed by atoms with Crippen LogP contribution in [0, 0.1) is 6.92 Å². The van der Waals surface area contributed by atoms with Crippen LogP contribution < -0.4 is 10.1 Å². The molecule has 1 N–H and O–H groups in total. The number of carbonyl (C=O) groups is 2. The zero-order valence-corrected chi connectivity index (χ0v) is 12.6. The van der Waals surface area contributed by atoms with Crippen molar-refractivity contribution in [1.82, 2.24) is 10.2 Å². The van der Waals surface area contributed by atoms with Crippen molar-refractivity contribution in [2.45, 2.75) is 18.9 Å². The van der Waals surface area contributed by atoms with Crippen molar-refractivity contribution in [2.24, 2.45) is 0 Å². The van der Waals surface area contributed by atoms with Gasteiger partial charge in [-0.1, -0.05) is 17.7 Å². The fourth-order valence-electron chi connectivity index (χ4n) is 2.77. The molecule has 3 rings (SSSR count). The highest BCUT2D eigenvalue weighted by Gasteiger charge is 2.43. The molecule has 6 heteroatoms. The maximum absolute atomic E-state index is 12.2. The number of likely N-dealkylation sites (tertiary alicyclic amines) is 1. The van der Waals surface area contributed by atoms with Crippen LogP contribution in [0.3, 0.4) is 0 Å². The molecule has 0 saturated carbocycles. The van der Waals surface area contributed by atoms with E-state index in [-0.39, 0.29) is 25.0 Å². The van der Waals surface area contributed by atoms with E-state index >= 15 is 0 Å². The van der Waals surface area contributed by atoms with Crippen LogP contribution in [0.15, 0.2) is 24.3 Å². The van der Waals surface area contributed by atoms with Crippen LogP contribution in [-0.2, 0) is 14.3 Å². The van der Waals surface area contributed by atoms with Crippen LogP contribution in [0.5, 0.6) is 5.75 Å².